The Labute approximate surface area is 148 Å². The molecule has 1 aromatic rings. The summed E-state index contributed by atoms with van der Waals surface area (Å²) < 4.78 is 11.4. The molecule has 0 radical (unpaired) electrons. The molecule has 1 saturated carbocycles. The van der Waals surface area contributed by atoms with Crippen LogP contribution in [0.5, 0.6) is 11.5 Å². The van der Waals surface area contributed by atoms with Gasteiger partial charge in [0.1, 0.15) is 6.54 Å². The van der Waals surface area contributed by atoms with Gasteiger partial charge in [-0.15, -0.1) is 0 Å². The average molecular weight is 349 g/mol. The summed E-state index contributed by atoms with van der Waals surface area (Å²) in [5, 5.41) is 9.09. The summed E-state index contributed by atoms with van der Waals surface area (Å²) in [6.45, 7) is 3.44. The molecule has 1 aliphatic rings. The highest BCUT2D eigenvalue weighted by Crippen LogP contribution is 2.32. The number of carboxylic acids is 1. The van der Waals surface area contributed by atoms with Crippen LogP contribution in [0.4, 0.5) is 0 Å². The van der Waals surface area contributed by atoms with E-state index in [2.05, 4.69) is 0 Å². The molecule has 1 N–H and O–H groups in total. The van der Waals surface area contributed by atoms with Crippen LogP contribution in [0.1, 0.15) is 56.3 Å². The second-order valence-electron chi connectivity index (χ2n) is 6.47. The quantitative estimate of drug-likeness (QED) is 0.779. The smallest absolute Gasteiger partial charge is 0.323 e. The van der Waals surface area contributed by atoms with E-state index >= 15 is 0 Å². The van der Waals surface area contributed by atoms with Gasteiger partial charge < -0.3 is 19.5 Å². The van der Waals surface area contributed by atoms with Crippen molar-refractivity contribution in [2.75, 3.05) is 13.7 Å². The van der Waals surface area contributed by atoms with Crippen molar-refractivity contribution in [3.8, 4) is 11.5 Å². The van der Waals surface area contributed by atoms with Crippen LogP contribution in [-0.2, 0) is 4.79 Å². The minimum absolute atomic E-state index is 0.163. The molecule has 25 heavy (non-hydrogen) atoms. The molecular formula is C19H27NO5. The molecule has 0 bridgehead atoms. The van der Waals surface area contributed by atoms with Crippen molar-refractivity contribution in [1.82, 2.24) is 4.90 Å². The maximum absolute atomic E-state index is 12.8. The van der Waals surface area contributed by atoms with Crippen molar-refractivity contribution in [3.63, 3.8) is 0 Å². The Morgan fingerprint density at radius 1 is 1.28 bits per heavy atom. The van der Waals surface area contributed by atoms with Crippen molar-refractivity contribution < 1.29 is 24.2 Å². The summed E-state index contributed by atoms with van der Waals surface area (Å²) in [6.07, 6.45) is 5.28. The summed E-state index contributed by atoms with van der Waals surface area (Å²) in [5.74, 6) is -0.222. The summed E-state index contributed by atoms with van der Waals surface area (Å²) in [4.78, 5) is 25.2. The Balaban J connectivity index is 2.21. The molecule has 1 fully saturated rings. The van der Waals surface area contributed by atoms with E-state index in [4.69, 9.17) is 14.6 Å². The second-order valence-corrected chi connectivity index (χ2v) is 6.47. The van der Waals surface area contributed by atoms with Crippen molar-refractivity contribution in [1.29, 1.82) is 0 Å². The molecule has 6 nitrogen and oxygen atoms in total. The van der Waals surface area contributed by atoms with Crippen molar-refractivity contribution >= 4 is 11.9 Å². The van der Waals surface area contributed by atoms with E-state index in [0.29, 0.717) is 23.5 Å². The first-order valence-electron chi connectivity index (χ1n) is 8.83. The molecule has 138 valence electrons. The predicted molar refractivity (Wildman–Crippen MR) is 94.3 cm³/mol. The number of carbonyl (C=O) groups excluding carboxylic acids is 1. The highest BCUT2D eigenvalue weighted by Gasteiger charge is 2.24. The molecule has 6 heteroatoms. The first-order valence-corrected chi connectivity index (χ1v) is 8.83. The molecule has 1 amide bonds. The number of benzene rings is 1. The molecule has 0 heterocycles. The molecule has 2 rings (SSSR count). The third-order valence-corrected chi connectivity index (χ3v) is 4.70. The summed E-state index contributed by atoms with van der Waals surface area (Å²) in [6, 6.07) is 4.87. The van der Waals surface area contributed by atoms with Gasteiger partial charge in [-0.3, -0.25) is 9.59 Å². The minimum Gasteiger partial charge on any atom is -0.493 e. The Bertz CT molecular complexity index is 610. The third-order valence-electron chi connectivity index (χ3n) is 4.70. The number of ether oxygens (including phenoxy) is 2. The van der Waals surface area contributed by atoms with Gasteiger partial charge in [-0.2, -0.15) is 0 Å². The van der Waals surface area contributed by atoms with Gasteiger partial charge in [0.05, 0.1) is 13.2 Å². The standard InChI is InChI=1S/C19H27NO5/c1-4-13(2)20(12-18(21)22)19(23)14-9-10-16(17(11-14)24-3)25-15-7-5-6-8-15/h9-11,13,15H,4-8,12H2,1-3H3,(H,21,22). The molecule has 0 aromatic heterocycles. The molecule has 0 spiro atoms. The van der Waals surface area contributed by atoms with Crippen LogP contribution in [-0.4, -0.2) is 47.7 Å². The van der Waals surface area contributed by atoms with Gasteiger partial charge in [-0.05, 0) is 57.2 Å². The number of carboxylic acid groups (broad SMARTS) is 1. The van der Waals surface area contributed by atoms with Crippen LogP contribution in [0.15, 0.2) is 18.2 Å². The number of carbonyl (C=O) groups is 2. The lowest BCUT2D eigenvalue weighted by Crippen LogP contribution is -2.41. The fourth-order valence-electron chi connectivity index (χ4n) is 3.04. The molecule has 1 unspecified atom stereocenters. The SMILES string of the molecule is CCC(C)N(CC(=O)O)C(=O)c1ccc(OC2CCCC2)c(OC)c1. The largest absolute Gasteiger partial charge is 0.493 e. The second kappa shape index (κ2) is 8.74. The molecule has 0 aliphatic heterocycles. The monoisotopic (exact) mass is 349 g/mol. The summed E-state index contributed by atoms with van der Waals surface area (Å²) >= 11 is 0. The van der Waals surface area contributed by atoms with Crippen LogP contribution in [0.25, 0.3) is 0 Å². The zero-order valence-electron chi connectivity index (χ0n) is 15.2. The van der Waals surface area contributed by atoms with E-state index in [-0.39, 0.29) is 24.6 Å². The summed E-state index contributed by atoms with van der Waals surface area (Å²) in [5.41, 5.74) is 0.400. The fourth-order valence-corrected chi connectivity index (χ4v) is 3.04. The average Bonchev–Trinajstić information content (AvgIpc) is 3.11. The Hall–Kier alpha value is -2.24. The van der Waals surface area contributed by atoms with Crippen molar-refractivity contribution in [2.45, 2.75) is 58.1 Å². The zero-order valence-corrected chi connectivity index (χ0v) is 15.2. The number of rotatable bonds is 8. The maximum Gasteiger partial charge on any atom is 0.323 e. The molecule has 1 atom stereocenters. The molecule has 1 aliphatic carbocycles. The van der Waals surface area contributed by atoms with Gasteiger partial charge in [-0.1, -0.05) is 6.92 Å². The van der Waals surface area contributed by atoms with Crippen LogP contribution in [0, 0.1) is 0 Å². The number of amides is 1. The Morgan fingerprint density at radius 2 is 1.96 bits per heavy atom. The molecule has 1 aromatic carbocycles. The van der Waals surface area contributed by atoms with Crippen molar-refractivity contribution in [3.05, 3.63) is 23.8 Å². The van der Waals surface area contributed by atoms with Gasteiger partial charge in [0.25, 0.3) is 5.91 Å². The minimum atomic E-state index is -1.03. The topological polar surface area (TPSA) is 76.1 Å². The van der Waals surface area contributed by atoms with Crippen LogP contribution >= 0.6 is 0 Å². The zero-order chi connectivity index (χ0) is 18.4. The van der Waals surface area contributed by atoms with E-state index < -0.39 is 5.97 Å². The summed E-state index contributed by atoms with van der Waals surface area (Å²) in [7, 11) is 1.54. The van der Waals surface area contributed by atoms with Crippen LogP contribution in [0.2, 0.25) is 0 Å². The predicted octanol–water partition coefficient (Wildman–Crippen LogP) is 3.34. The Kier molecular flexibility index (Phi) is 6.67. The molecule has 0 saturated heterocycles. The lowest BCUT2D eigenvalue weighted by molar-refractivity contribution is -0.138. The van der Waals surface area contributed by atoms with Gasteiger partial charge in [-0.25, -0.2) is 0 Å². The van der Waals surface area contributed by atoms with Crippen LogP contribution in [0.3, 0.4) is 0 Å². The number of hydrogen-bond acceptors (Lipinski definition) is 4. The number of aliphatic carboxylic acids is 1. The van der Waals surface area contributed by atoms with E-state index in [1.54, 1.807) is 18.2 Å². The fraction of sp³-hybridized carbons (Fsp3) is 0.579. The van der Waals surface area contributed by atoms with Gasteiger partial charge in [0, 0.05) is 11.6 Å². The van der Waals surface area contributed by atoms with E-state index in [0.717, 1.165) is 12.8 Å². The molecular weight excluding hydrogens is 322 g/mol. The lowest BCUT2D eigenvalue weighted by Gasteiger charge is -2.27. The van der Waals surface area contributed by atoms with Gasteiger partial charge >= 0.3 is 5.97 Å². The van der Waals surface area contributed by atoms with E-state index in [1.165, 1.54) is 24.9 Å². The number of methoxy groups -OCH3 is 1. The number of nitrogens with zero attached hydrogens (tertiary/aromatic N) is 1. The van der Waals surface area contributed by atoms with E-state index in [1.807, 2.05) is 13.8 Å². The first kappa shape index (κ1) is 19.1. The van der Waals surface area contributed by atoms with Gasteiger partial charge in [0.15, 0.2) is 11.5 Å². The van der Waals surface area contributed by atoms with Crippen molar-refractivity contribution in [2.24, 2.45) is 0 Å². The van der Waals surface area contributed by atoms with E-state index in [9.17, 15) is 9.59 Å². The lowest BCUT2D eigenvalue weighted by atomic mass is 10.1. The normalized spacial score (nSPS) is 15.6. The first-order chi connectivity index (χ1) is 12.0. The highest BCUT2D eigenvalue weighted by atomic mass is 16.5. The maximum atomic E-state index is 12.8. The van der Waals surface area contributed by atoms with Gasteiger partial charge in [0.2, 0.25) is 0 Å². The number of hydrogen-bond donors (Lipinski definition) is 1. The third kappa shape index (κ3) is 4.87. The Morgan fingerprint density at radius 3 is 2.52 bits per heavy atom. The van der Waals surface area contributed by atoms with Crippen LogP contribution < -0.4 is 9.47 Å². The highest BCUT2D eigenvalue weighted by molar-refractivity contribution is 5.96.